The number of hydrogen-bond donors (Lipinski definition) is 3. The first kappa shape index (κ1) is 30.9. The van der Waals surface area contributed by atoms with E-state index in [0.29, 0.717) is 22.7 Å². The van der Waals surface area contributed by atoms with Gasteiger partial charge in [0, 0.05) is 36.4 Å². The van der Waals surface area contributed by atoms with Crippen molar-refractivity contribution in [1.82, 2.24) is 9.21 Å². The number of anilines is 2. The number of benzene rings is 3. The van der Waals surface area contributed by atoms with Crippen LogP contribution < -0.4 is 15.4 Å². The summed E-state index contributed by atoms with van der Waals surface area (Å²) in [7, 11) is -2.32. The number of likely N-dealkylation sites (N-methyl/N-ethyl adjacent to an activating group) is 1. The number of aliphatic hydroxyl groups excluding tert-OH is 1. The maximum Gasteiger partial charge on any atom is 0.323 e. The van der Waals surface area contributed by atoms with E-state index < -0.39 is 34.0 Å². The molecule has 12 heteroatoms. The second kappa shape index (κ2) is 13.3. The Kier molecular flexibility index (Phi) is 9.81. The first-order chi connectivity index (χ1) is 20.0. The quantitative estimate of drug-likeness (QED) is 0.361. The molecule has 3 atom stereocenters. The van der Waals surface area contributed by atoms with Gasteiger partial charge in [0.15, 0.2) is 0 Å². The Morgan fingerprint density at radius 3 is 2.40 bits per heavy atom. The van der Waals surface area contributed by atoms with Gasteiger partial charge in [-0.05, 0) is 61.5 Å². The lowest BCUT2D eigenvalue weighted by molar-refractivity contribution is -0.134. The molecule has 0 radical (unpaired) electrons. The van der Waals surface area contributed by atoms with E-state index in [0.717, 1.165) is 0 Å². The van der Waals surface area contributed by atoms with Crippen LogP contribution in [0.4, 0.5) is 20.6 Å². The fourth-order valence-electron chi connectivity index (χ4n) is 4.68. The zero-order chi connectivity index (χ0) is 30.4. The summed E-state index contributed by atoms with van der Waals surface area (Å²) in [6, 6.07) is 17.2. The fraction of sp³-hybridized carbons (Fsp3) is 0.333. The monoisotopic (exact) mass is 598 g/mol. The van der Waals surface area contributed by atoms with Crippen LogP contribution in [0.3, 0.4) is 0 Å². The number of fused-ring (bicyclic) bond motifs is 1. The van der Waals surface area contributed by atoms with Crippen LogP contribution in [0.25, 0.3) is 0 Å². The number of nitrogens with one attached hydrogen (secondary N) is 2. The molecule has 0 saturated carbocycles. The van der Waals surface area contributed by atoms with Crippen molar-refractivity contribution in [1.29, 1.82) is 0 Å². The van der Waals surface area contributed by atoms with Crippen LogP contribution in [0.2, 0.25) is 0 Å². The number of nitrogens with zero attached hydrogens (tertiary/aromatic N) is 2. The molecule has 3 aromatic carbocycles. The van der Waals surface area contributed by atoms with E-state index in [2.05, 4.69) is 10.6 Å². The summed E-state index contributed by atoms with van der Waals surface area (Å²) in [5.41, 5.74) is 1.27. The van der Waals surface area contributed by atoms with Crippen molar-refractivity contribution in [2.45, 2.75) is 37.3 Å². The number of ether oxygens (including phenoxy) is 1. The normalized spacial score (nSPS) is 18.2. The lowest BCUT2D eigenvalue weighted by atomic mass is 10.0. The first-order valence-electron chi connectivity index (χ1n) is 13.5. The Morgan fingerprint density at radius 2 is 1.74 bits per heavy atom. The van der Waals surface area contributed by atoms with E-state index in [9.17, 15) is 27.5 Å². The number of carbonyl (C=O) groups is 2. The number of rotatable bonds is 8. The van der Waals surface area contributed by atoms with Crippen LogP contribution >= 0.6 is 0 Å². The summed E-state index contributed by atoms with van der Waals surface area (Å²) in [5.74, 6) is -0.591. The molecule has 0 saturated heterocycles. The lowest BCUT2D eigenvalue weighted by Crippen LogP contribution is -2.48. The molecule has 3 aromatic rings. The van der Waals surface area contributed by atoms with Crippen LogP contribution in [0.5, 0.6) is 5.75 Å². The van der Waals surface area contributed by atoms with Crippen LogP contribution in [-0.4, -0.2) is 73.6 Å². The first-order valence-corrected chi connectivity index (χ1v) is 15.0. The predicted octanol–water partition coefficient (Wildman–Crippen LogP) is 3.94. The molecule has 0 unspecified atom stereocenters. The van der Waals surface area contributed by atoms with E-state index in [1.54, 1.807) is 48.2 Å². The molecule has 0 fully saturated rings. The minimum atomic E-state index is -3.81. The molecule has 1 aliphatic rings. The van der Waals surface area contributed by atoms with Gasteiger partial charge in [0.05, 0.1) is 30.5 Å². The maximum absolute atomic E-state index is 13.4. The molecule has 42 heavy (non-hydrogen) atoms. The predicted molar refractivity (Wildman–Crippen MR) is 157 cm³/mol. The van der Waals surface area contributed by atoms with Gasteiger partial charge in [0.25, 0.3) is 0 Å². The van der Waals surface area contributed by atoms with E-state index in [-0.39, 0.29) is 42.8 Å². The third kappa shape index (κ3) is 7.44. The number of urea groups is 1. The van der Waals surface area contributed by atoms with E-state index >= 15 is 0 Å². The number of hydrogen-bond acceptors (Lipinski definition) is 6. The summed E-state index contributed by atoms with van der Waals surface area (Å²) >= 11 is 0. The van der Waals surface area contributed by atoms with Gasteiger partial charge >= 0.3 is 6.03 Å². The SMILES string of the molecule is C[C@H](CO)N1C[C@H](C)[C@H](CN(C)S(=O)(=O)c2ccccc2)Oc2ccc(NC(=O)Nc3ccc(F)cc3)cc2CC1=O. The van der Waals surface area contributed by atoms with Gasteiger partial charge in [-0.25, -0.2) is 17.6 Å². The Hall–Kier alpha value is -4.00. The van der Waals surface area contributed by atoms with Gasteiger partial charge in [-0.15, -0.1) is 0 Å². The largest absolute Gasteiger partial charge is 0.488 e. The Balaban J connectivity index is 1.61. The molecular weight excluding hydrogens is 563 g/mol. The van der Waals surface area contributed by atoms with Gasteiger partial charge in [-0.1, -0.05) is 25.1 Å². The van der Waals surface area contributed by atoms with Gasteiger partial charge in [-0.2, -0.15) is 4.31 Å². The number of amides is 3. The number of aliphatic hydroxyl groups is 1. The average molecular weight is 599 g/mol. The smallest absolute Gasteiger partial charge is 0.323 e. The minimum Gasteiger partial charge on any atom is -0.488 e. The molecule has 0 aromatic heterocycles. The third-order valence-corrected chi connectivity index (χ3v) is 9.00. The topological polar surface area (TPSA) is 128 Å². The summed E-state index contributed by atoms with van der Waals surface area (Å²) in [5, 5.41) is 15.2. The Bertz CT molecular complexity index is 1500. The van der Waals surface area contributed by atoms with E-state index in [4.69, 9.17) is 4.74 Å². The Labute approximate surface area is 245 Å². The lowest BCUT2D eigenvalue weighted by Gasteiger charge is -2.33. The molecule has 1 heterocycles. The van der Waals surface area contributed by atoms with E-state index in [1.807, 2.05) is 6.92 Å². The zero-order valence-corrected chi connectivity index (χ0v) is 24.5. The van der Waals surface area contributed by atoms with Crippen molar-refractivity contribution < 1.29 is 32.2 Å². The molecule has 3 amide bonds. The van der Waals surface area contributed by atoms with Crippen molar-refractivity contribution in [3.8, 4) is 5.75 Å². The fourth-order valence-corrected chi connectivity index (χ4v) is 5.88. The molecule has 1 aliphatic heterocycles. The molecule has 0 spiro atoms. The van der Waals surface area contributed by atoms with Gasteiger partial charge < -0.3 is 25.4 Å². The number of halogens is 1. The van der Waals surface area contributed by atoms with Gasteiger partial charge in [0.2, 0.25) is 15.9 Å². The molecular formula is C30H35FN4O6S. The number of sulfonamides is 1. The van der Waals surface area contributed by atoms with Crippen molar-refractivity contribution in [3.63, 3.8) is 0 Å². The zero-order valence-electron chi connectivity index (χ0n) is 23.7. The highest BCUT2D eigenvalue weighted by atomic mass is 32.2. The third-order valence-electron chi connectivity index (χ3n) is 7.16. The molecule has 4 rings (SSSR count). The van der Waals surface area contributed by atoms with Crippen LogP contribution in [0.1, 0.15) is 19.4 Å². The van der Waals surface area contributed by atoms with Crippen molar-refractivity contribution in [2.75, 3.05) is 37.4 Å². The molecule has 0 bridgehead atoms. The standard InChI is InChI=1S/C30H35FN4O6S/c1-20-17-35(21(2)19-36)29(37)16-22-15-25(33-30(38)32-24-11-9-23(31)10-12-24)13-14-27(22)41-28(20)18-34(3)42(39,40)26-7-5-4-6-8-26/h4-15,20-21,28,36H,16-19H2,1-3H3,(H2,32,33,38)/t20-,21+,28-/m0/s1. The van der Waals surface area contributed by atoms with Crippen LogP contribution in [-0.2, 0) is 21.2 Å². The molecule has 224 valence electrons. The second-order valence-corrected chi connectivity index (χ2v) is 12.4. The highest BCUT2D eigenvalue weighted by Gasteiger charge is 2.33. The molecule has 3 N–H and O–H groups in total. The maximum atomic E-state index is 13.4. The summed E-state index contributed by atoms with van der Waals surface area (Å²) in [6.45, 7) is 3.61. The Morgan fingerprint density at radius 1 is 1.10 bits per heavy atom. The second-order valence-electron chi connectivity index (χ2n) is 10.4. The molecule has 0 aliphatic carbocycles. The molecule has 10 nitrogen and oxygen atoms in total. The number of carbonyl (C=O) groups excluding carboxylic acids is 2. The summed E-state index contributed by atoms with van der Waals surface area (Å²) < 4.78 is 47.3. The van der Waals surface area contributed by atoms with Gasteiger partial charge in [-0.3, -0.25) is 4.79 Å². The average Bonchev–Trinajstić information content (AvgIpc) is 3.01. The van der Waals surface area contributed by atoms with Crippen molar-refractivity contribution >= 4 is 33.3 Å². The van der Waals surface area contributed by atoms with Crippen LogP contribution in [0, 0.1) is 11.7 Å². The minimum absolute atomic E-state index is 0.00739. The van der Waals surface area contributed by atoms with Gasteiger partial charge in [0.1, 0.15) is 17.7 Å². The van der Waals surface area contributed by atoms with Crippen molar-refractivity contribution in [2.24, 2.45) is 5.92 Å². The summed E-state index contributed by atoms with van der Waals surface area (Å²) in [4.78, 5) is 27.7. The van der Waals surface area contributed by atoms with Crippen molar-refractivity contribution in [3.05, 3.63) is 84.2 Å². The highest BCUT2D eigenvalue weighted by molar-refractivity contribution is 7.89. The summed E-state index contributed by atoms with van der Waals surface area (Å²) in [6.07, 6.45) is -0.709. The van der Waals surface area contributed by atoms with E-state index in [1.165, 1.54) is 47.8 Å². The van der Waals surface area contributed by atoms with Crippen LogP contribution in [0.15, 0.2) is 77.7 Å². The highest BCUT2D eigenvalue weighted by Crippen LogP contribution is 2.30.